The van der Waals surface area contributed by atoms with Crippen LogP contribution in [0.4, 0.5) is 4.79 Å². The number of β-amino-alcohol motifs (C(OH)–C–C–N with tert-alkyl or cyclic N) is 1. The first kappa shape index (κ1) is 15.6. The molecule has 1 N–H and O–H groups in total. The van der Waals surface area contributed by atoms with Crippen LogP contribution in [0.15, 0.2) is 18.2 Å². The van der Waals surface area contributed by atoms with Crippen LogP contribution in [0.2, 0.25) is 0 Å². The molecule has 0 spiro atoms. The Morgan fingerprint density at radius 2 is 2.05 bits per heavy atom. The molecule has 116 valence electrons. The summed E-state index contributed by atoms with van der Waals surface area (Å²) in [6, 6.07) is 5.71. The summed E-state index contributed by atoms with van der Waals surface area (Å²) in [7, 11) is 1.61. The van der Waals surface area contributed by atoms with Crippen LogP contribution in [-0.2, 0) is 17.7 Å². The molecule has 1 aromatic rings. The maximum atomic E-state index is 12.2. The van der Waals surface area contributed by atoms with E-state index in [4.69, 9.17) is 9.47 Å². The monoisotopic (exact) mass is 293 g/mol. The van der Waals surface area contributed by atoms with Crippen LogP contribution in [0.3, 0.4) is 0 Å². The number of nitrogens with zero attached hydrogens (tertiary/aromatic N) is 1. The lowest BCUT2D eigenvalue weighted by Crippen LogP contribution is -2.39. The molecule has 0 fully saturated rings. The van der Waals surface area contributed by atoms with Crippen LogP contribution in [0, 0.1) is 0 Å². The Morgan fingerprint density at radius 1 is 1.33 bits per heavy atom. The second-order valence-electron chi connectivity index (χ2n) is 6.35. The molecule has 1 unspecified atom stereocenters. The largest absolute Gasteiger partial charge is 0.497 e. The van der Waals surface area contributed by atoms with E-state index in [1.807, 2.05) is 39.0 Å². The normalized spacial score (nSPS) is 18.7. The molecule has 5 nitrogen and oxygen atoms in total. The minimum absolute atomic E-state index is 0.270. The van der Waals surface area contributed by atoms with Crippen LogP contribution in [0.1, 0.15) is 31.9 Å². The zero-order valence-electron chi connectivity index (χ0n) is 13.0. The predicted octanol–water partition coefficient (Wildman–Crippen LogP) is 2.35. The Bertz CT molecular complexity index is 521. The number of amides is 1. The Hall–Kier alpha value is -1.75. The van der Waals surface area contributed by atoms with Gasteiger partial charge in [-0.05, 0) is 44.0 Å². The molecule has 1 amide bonds. The topological polar surface area (TPSA) is 59.0 Å². The van der Waals surface area contributed by atoms with Crippen molar-refractivity contribution in [3.05, 3.63) is 29.3 Å². The number of fused-ring (bicyclic) bond motifs is 1. The summed E-state index contributed by atoms with van der Waals surface area (Å²) < 4.78 is 10.6. The summed E-state index contributed by atoms with van der Waals surface area (Å²) in [5.41, 5.74) is 1.47. The summed E-state index contributed by atoms with van der Waals surface area (Å²) in [6.07, 6.45) is -0.498. The van der Waals surface area contributed by atoms with Crippen LogP contribution >= 0.6 is 0 Å². The van der Waals surface area contributed by atoms with Gasteiger partial charge in [0.2, 0.25) is 0 Å². The molecule has 1 aliphatic rings. The van der Waals surface area contributed by atoms with Gasteiger partial charge in [-0.3, -0.25) is 0 Å². The van der Waals surface area contributed by atoms with Gasteiger partial charge < -0.3 is 19.5 Å². The molecule has 0 saturated heterocycles. The molecule has 1 aromatic carbocycles. The van der Waals surface area contributed by atoms with Gasteiger partial charge in [0.25, 0.3) is 0 Å². The Balaban J connectivity index is 2.21. The van der Waals surface area contributed by atoms with Crippen molar-refractivity contribution in [2.75, 3.05) is 13.7 Å². The van der Waals surface area contributed by atoms with E-state index >= 15 is 0 Å². The van der Waals surface area contributed by atoms with Gasteiger partial charge >= 0.3 is 6.09 Å². The van der Waals surface area contributed by atoms with E-state index < -0.39 is 17.8 Å². The number of rotatable bonds is 1. The number of carbonyl (C=O) groups is 1. The van der Waals surface area contributed by atoms with Crippen molar-refractivity contribution in [3.63, 3.8) is 0 Å². The molecule has 0 radical (unpaired) electrons. The van der Waals surface area contributed by atoms with Crippen molar-refractivity contribution in [1.29, 1.82) is 0 Å². The van der Waals surface area contributed by atoms with Gasteiger partial charge in [-0.15, -0.1) is 0 Å². The lowest BCUT2D eigenvalue weighted by molar-refractivity contribution is 0.0143. The first-order chi connectivity index (χ1) is 9.78. The van der Waals surface area contributed by atoms with Gasteiger partial charge in [0, 0.05) is 13.0 Å². The SMILES string of the molecule is COc1ccc2c(c1)CC(O)CN(C(=O)OC(C)(C)C)C2. The molecule has 0 aromatic heterocycles. The average molecular weight is 293 g/mol. The van der Waals surface area contributed by atoms with E-state index in [2.05, 4.69) is 0 Å². The maximum absolute atomic E-state index is 12.2. The van der Waals surface area contributed by atoms with Crippen molar-refractivity contribution in [3.8, 4) is 5.75 Å². The summed E-state index contributed by atoms with van der Waals surface area (Å²) >= 11 is 0. The van der Waals surface area contributed by atoms with Crippen LogP contribution in [-0.4, -0.2) is 41.5 Å². The molecule has 1 heterocycles. The third kappa shape index (κ3) is 4.11. The van der Waals surface area contributed by atoms with Crippen molar-refractivity contribution in [1.82, 2.24) is 4.90 Å². The number of benzene rings is 1. The van der Waals surface area contributed by atoms with Gasteiger partial charge in [0.15, 0.2) is 0 Å². The highest BCUT2D eigenvalue weighted by Gasteiger charge is 2.27. The highest BCUT2D eigenvalue weighted by atomic mass is 16.6. The Morgan fingerprint density at radius 3 is 2.67 bits per heavy atom. The number of aliphatic hydroxyl groups excluding tert-OH is 1. The minimum atomic E-state index is -0.606. The molecule has 1 aliphatic heterocycles. The Kier molecular flexibility index (Phi) is 4.42. The maximum Gasteiger partial charge on any atom is 0.410 e. The number of ether oxygens (including phenoxy) is 2. The predicted molar refractivity (Wildman–Crippen MR) is 79.3 cm³/mol. The van der Waals surface area contributed by atoms with E-state index in [1.165, 1.54) is 0 Å². The quantitative estimate of drug-likeness (QED) is 0.863. The third-order valence-electron chi connectivity index (χ3n) is 3.31. The molecule has 5 heteroatoms. The fraction of sp³-hybridized carbons (Fsp3) is 0.562. The second kappa shape index (κ2) is 5.93. The number of hydrogen-bond donors (Lipinski definition) is 1. The summed E-state index contributed by atoms with van der Waals surface area (Å²) in [6.45, 7) is 6.20. The average Bonchev–Trinajstić information content (AvgIpc) is 2.53. The van der Waals surface area contributed by atoms with Crippen molar-refractivity contribution < 1.29 is 19.4 Å². The van der Waals surface area contributed by atoms with E-state index in [1.54, 1.807) is 12.0 Å². The van der Waals surface area contributed by atoms with Crippen molar-refractivity contribution in [2.24, 2.45) is 0 Å². The molecule has 0 saturated carbocycles. The van der Waals surface area contributed by atoms with Crippen LogP contribution < -0.4 is 4.74 Å². The van der Waals surface area contributed by atoms with Crippen LogP contribution in [0.25, 0.3) is 0 Å². The van der Waals surface area contributed by atoms with E-state index in [-0.39, 0.29) is 6.54 Å². The summed E-state index contributed by atoms with van der Waals surface area (Å²) in [4.78, 5) is 13.8. The molecule has 21 heavy (non-hydrogen) atoms. The lowest BCUT2D eigenvalue weighted by atomic mass is 10.0. The lowest BCUT2D eigenvalue weighted by Gasteiger charge is -2.27. The number of hydrogen-bond acceptors (Lipinski definition) is 4. The number of methoxy groups -OCH3 is 1. The van der Waals surface area contributed by atoms with E-state index in [0.717, 1.165) is 16.9 Å². The minimum Gasteiger partial charge on any atom is -0.497 e. The number of aliphatic hydroxyl groups is 1. The highest BCUT2D eigenvalue weighted by Crippen LogP contribution is 2.24. The first-order valence-electron chi connectivity index (χ1n) is 7.10. The van der Waals surface area contributed by atoms with Crippen LogP contribution in [0.5, 0.6) is 5.75 Å². The molecule has 0 bridgehead atoms. The van der Waals surface area contributed by atoms with Gasteiger partial charge in [-0.25, -0.2) is 4.79 Å². The zero-order chi connectivity index (χ0) is 15.6. The van der Waals surface area contributed by atoms with Gasteiger partial charge in [0.05, 0.1) is 19.8 Å². The molecular formula is C16H23NO4. The molecule has 2 rings (SSSR count). The number of carbonyl (C=O) groups excluding carboxylic acids is 1. The summed E-state index contributed by atoms with van der Waals surface area (Å²) in [5.74, 6) is 0.756. The second-order valence-corrected chi connectivity index (χ2v) is 6.35. The van der Waals surface area contributed by atoms with Crippen molar-refractivity contribution >= 4 is 6.09 Å². The van der Waals surface area contributed by atoms with Gasteiger partial charge in [0.1, 0.15) is 11.4 Å². The zero-order valence-corrected chi connectivity index (χ0v) is 13.0. The fourth-order valence-corrected chi connectivity index (χ4v) is 2.38. The fourth-order valence-electron chi connectivity index (χ4n) is 2.38. The molecule has 0 aliphatic carbocycles. The third-order valence-corrected chi connectivity index (χ3v) is 3.31. The standard InChI is InChI=1S/C16H23NO4/c1-16(2,3)21-15(19)17-9-11-5-6-14(20-4)8-12(11)7-13(18)10-17/h5-6,8,13,18H,7,9-10H2,1-4H3. The van der Waals surface area contributed by atoms with Gasteiger partial charge in [-0.1, -0.05) is 6.07 Å². The highest BCUT2D eigenvalue weighted by molar-refractivity contribution is 5.68. The van der Waals surface area contributed by atoms with Crippen molar-refractivity contribution in [2.45, 2.75) is 45.4 Å². The Labute approximate surface area is 125 Å². The van der Waals surface area contributed by atoms with E-state index in [0.29, 0.717) is 13.0 Å². The van der Waals surface area contributed by atoms with E-state index in [9.17, 15) is 9.90 Å². The molecule has 1 atom stereocenters. The summed E-state index contributed by atoms with van der Waals surface area (Å²) in [5, 5.41) is 10.1. The van der Waals surface area contributed by atoms with Gasteiger partial charge in [-0.2, -0.15) is 0 Å². The first-order valence-corrected chi connectivity index (χ1v) is 7.10. The molecular weight excluding hydrogens is 270 g/mol. The smallest absolute Gasteiger partial charge is 0.410 e.